The molecule has 0 aromatic carbocycles. The molecular weight excluding hydrogens is 347 g/mol. The molecule has 0 amide bonds. The first-order valence-electron chi connectivity index (χ1n) is 6.59. The smallest absolute Gasteiger partial charge is 0.390 e. The Hall–Kier alpha value is -0.710. The zero-order chi connectivity index (χ0) is 18.7. The molecule has 0 aliphatic heterocycles. The molecule has 2 unspecified atom stereocenters. The Morgan fingerprint density at radius 3 is 1.65 bits per heavy atom. The van der Waals surface area contributed by atoms with Crippen molar-refractivity contribution in [3.8, 4) is 0 Å². The molecule has 11 heteroatoms. The zero-order valence-electron chi connectivity index (χ0n) is 12.0. The van der Waals surface area contributed by atoms with Crippen LogP contribution in [0.2, 0.25) is 0 Å². The van der Waals surface area contributed by atoms with Gasteiger partial charge in [0.1, 0.15) is 0 Å². The average Bonchev–Trinajstić information content (AvgIpc) is 2.32. The first kappa shape index (κ1) is 22.3. The zero-order valence-corrected chi connectivity index (χ0v) is 12.0. The van der Waals surface area contributed by atoms with Gasteiger partial charge in [0.15, 0.2) is 0 Å². The van der Waals surface area contributed by atoms with Crippen molar-refractivity contribution in [2.45, 2.75) is 75.2 Å². The van der Waals surface area contributed by atoms with Crippen LogP contribution in [0.4, 0.5) is 39.5 Å². The fourth-order valence-corrected chi connectivity index (χ4v) is 1.67. The van der Waals surface area contributed by atoms with Gasteiger partial charge in [-0.25, -0.2) is 17.6 Å². The van der Waals surface area contributed by atoms with E-state index in [1.54, 1.807) is 0 Å². The lowest BCUT2D eigenvalue weighted by atomic mass is 9.97. The third-order valence-electron chi connectivity index (χ3n) is 3.17. The van der Waals surface area contributed by atoms with Crippen LogP contribution >= 0.6 is 0 Å². The summed E-state index contributed by atoms with van der Waals surface area (Å²) >= 11 is 0. The molecule has 0 aromatic rings. The van der Waals surface area contributed by atoms with Crippen molar-refractivity contribution in [3.63, 3.8) is 0 Å². The van der Waals surface area contributed by atoms with Gasteiger partial charge in [0.25, 0.3) is 5.92 Å². The Kier molecular flexibility index (Phi) is 7.22. The lowest BCUT2D eigenvalue weighted by Crippen LogP contribution is -2.44. The van der Waals surface area contributed by atoms with E-state index in [9.17, 15) is 49.7 Å². The lowest BCUT2D eigenvalue weighted by molar-refractivity contribution is -0.302. The third-order valence-corrected chi connectivity index (χ3v) is 3.17. The molecule has 23 heavy (non-hydrogen) atoms. The average molecular weight is 364 g/mol. The molecule has 0 fully saturated rings. The van der Waals surface area contributed by atoms with Crippen LogP contribution < -0.4 is 0 Å². The molecule has 0 spiro atoms. The summed E-state index contributed by atoms with van der Waals surface area (Å²) in [5.74, 6) is -13.5. The van der Waals surface area contributed by atoms with Crippen LogP contribution in [0.1, 0.15) is 39.0 Å². The minimum Gasteiger partial charge on any atom is -0.390 e. The van der Waals surface area contributed by atoms with Crippen LogP contribution in [-0.4, -0.2) is 46.4 Å². The van der Waals surface area contributed by atoms with Crippen molar-refractivity contribution in [2.75, 3.05) is 0 Å². The van der Waals surface area contributed by atoms with Gasteiger partial charge in [-0.2, -0.15) is 22.0 Å². The molecule has 2 nitrogen and oxygen atoms in total. The van der Waals surface area contributed by atoms with Crippen molar-refractivity contribution < 1.29 is 49.7 Å². The number of alkyl halides is 9. The minimum atomic E-state index is -6.19. The molecule has 0 heterocycles. The van der Waals surface area contributed by atoms with Crippen LogP contribution in [0, 0.1) is 0 Å². The molecule has 140 valence electrons. The van der Waals surface area contributed by atoms with Crippen LogP contribution in [0.15, 0.2) is 0 Å². The van der Waals surface area contributed by atoms with Crippen LogP contribution in [-0.2, 0) is 0 Å². The topological polar surface area (TPSA) is 40.5 Å². The van der Waals surface area contributed by atoms with E-state index >= 15 is 0 Å². The second-order valence-electron chi connectivity index (χ2n) is 5.32. The van der Waals surface area contributed by atoms with Gasteiger partial charge in [0.05, 0.1) is 18.6 Å². The summed E-state index contributed by atoms with van der Waals surface area (Å²) in [4.78, 5) is 0. The van der Waals surface area contributed by atoms with Gasteiger partial charge in [-0.3, -0.25) is 0 Å². The van der Waals surface area contributed by atoms with Gasteiger partial charge in [-0.05, 0) is 6.42 Å². The Morgan fingerprint density at radius 1 is 0.783 bits per heavy atom. The van der Waals surface area contributed by atoms with Crippen molar-refractivity contribution in [3.05, 3.63) is 0 Å². The maximum atomic E-state index is 13.2. The molecular formula is C12H17F9O2. The fraction of sp³-hybridized carbons (Fsp3) is 1.00. The molecule has 0 aromatic heterocycles. The molecule has 2 N–H and O–H groups in total. The van der Waals surface area contributed by atoms with E-state index in [-0.39, 0.29) is 0 Å². The lowest BCUT2D eigenvalue weighted by Gasteiger charge is -2.28. The summed E-state index contributed by atoms with van der Waals surface area (Å²) < 4.78 is 113. The van der Waals surface area contributed by atoms with Gasteiger partial charge in [0.2, 0.25) is 5.92 Å². The number of halogens is 9. The maximum absolute atomic E-state index is 13.2. The Labute approximate surface area is 126 Å². The fourth-order valence-electron chi connectivity index (χ4n) is 1.67. The van der Waals surface area contributed by atoms with Crippen LogP contribution in [0.25, 0.3) is 0 Å². The highest BCUT2D eigenvalue weighted by molar-refractivity contribution is 4.86. The summed E-state index contributed by atoms with van der Waals surface area (Å²) in [5, 5.41) is 18.5. The molecule has 0 saturated heterocycles. The number of rotatable bonds is 9. The molecule has 0 radical (unpaired) electrons. The molecule has 0 saturated carbocycles. The van der Waals surface area contributed by atoms with E-state index in [0.717, 1.165) is 6.92 Å². The second kappa shape index (κ2) is 7.45. The number of hydrogen-bond donors (Lipinski definition) is 2. The Balaban J connectivity index is 4.65. The maximum Gasteiger partial charge on any atom is 0.453 e. The predicted octanol–water partition coefficient (Wildman–Crippen LogP) is 4.15. The summed E-state index contributed by atoms with van der Waals surface area (Å²) in [7, 11) is 0. The van der Waals surface area contributed by atoms with Crippen molar-refractivity contribution in [2.24, 2.45) is 0 Å². The summed E-state index contributed by atoms with van der Waals surface area (Å²) in [5.41, 5.74) is 0. The minimum absolute atomic E-state index is 0.607. The third kappa shape index (κ3) is 7.60. The van der Waals surface area contributed by atoms with Crippen LogP contribution in [0.3, 0.4) is 0 Å². The highest BCUT2D eigenvalue weighted by atomic mass is 19.4. The summed E-state index contributed by atoms with van der Waals surface area (Å²) in [6.07, 6.45) is -17.9. The standard InChI is InChI=1S/C12H17F9O2/c1-2-9(13,14)4-3-7(22)8(23)5-10(15,16)6-11(17,18)12(19,20)21/h7-8,22-23H,2-6H2,1H3. The summed E-state index contributed by atoms with van der Waals surface area (Å²) in [6.45, 7) is 1.12. The van der Waals surface area contributed by atoms with E-state index in [4.69, 9.17) is 0 Å². The SMILES string of the molecule is CCC(F)(F)CCC(O)C(O)CC(F)(F)CC(F)(F)C(F)(F)F. The molecule has 0 aliphatic carbocycles. The van der Waals surface area contributed by atoms with E-state index in [0.29, 0.717) is 0 Å². The van der Waals surface area contributed by atoms with Crippen molar-refractivity contribution in [1.82, 2.24) is 0 Å². The highest BCUT2D eigenvalue weighted by Gasteiger charge is 2.61. The second-order valence-corrected chi connectivity index (χ2v) is 5.32. The van der Waals surface area contributed by atoms with Crippen LogP contribution in [0.5, 0.6) is 0 Å². The summed E-state index contributed by atoms with van der Waals surface area (Å²) in [6, 6.07) is 0. The number of hydrogen-bond acceptors (Lipinski definition) is 2. The van der Waals surface area contributed by atoms with Gasteiger partial charge in [0, 0.05) is 19.3 Å². The predicted molar refractivity (Wildman–Crippen MR) is 61.7 cm³/mol. The van der Waals surface area contributed by atoms with E-state index in [1.165, 1.54) is 0 Å². The Morgan fingerprint density at radius 2 is 1.26 bits per heavy atom. The molecule has 0 aliphatic rings. The first-order chi connectivity index (χ1) is 10.0. The van der Waals surface area contributed by atoms with Gasteiger partial charge in [-0.1, -0.05) is 6.92 Å². The number of aliphatic hydroxyl groups is 2. The van der Waals surface area contributed by atoms with E-state index < -0.39 is 68.3 Å². The largest absolute Gasteiger partial charge is 0.453 e. The van der Waals surface area contributed by atoms with Gasteiger partial charge in [-0.15, -0.1) is 0 Å². The quantitative estimate of drug-likeness (QED) is 0.604. The van der Waals surface area contributed by atoms with Gasteiger partial charge >= 0.3 is 12.1 Å². The van der Waals surface area contributed by atoms with Crippen molar-refractivity contribution in [1.29, 1.82) is 0 Å². The molecule has 2 atom stereocenters. The monoisotopic (exact) mass is 364 g/mol. The van der Waals surface area contributed by atoms with Gasteiger partial charge < -0.3 is 10.2 Å². The number of aliphatic hydroxyl groups excluding tert-OH is 2. The molecule has 0 bridgehead atoms. The van der Waals surface area contributed by atoms with E-state index in [1.807, 2.05) is 0 Å². The normalized spacial score (nSPS) is 17.2. The molecule has 0 rings (SSSR count). The van der Waals surface area contributed by atoms with Crippen molar-refractivity contribution >= 4 is 0 Å². The Bertz CT molecular complexity index is 368. The first-order valence-corrected chi connectivity index (χ1v) is 6.59. The van der Waals surface area contributed by atoms with E-state index in [2.05, 4.69) is 0 Å². The highest BCUT2D eigenvalue weighted by Crippen LogP contribution is 2.44.